The summed E-state index contributed by atoms with van der Waals surface area (Å²) >= 11 is 0. The van der Waals surface area contributed by atoms with Crippen molar-refractivity contribution in [1.82, 2.24) is 4.90 Å². The summed E-state index contributed by atoms with van der Waals surface area (Å²) in [6.45, 7) is 8.16. The van der Waals surface area contributed by atoms with Gasteiger partial charge in [0, 0.05) is 18.5 Å². The van der Waals surface area contributed by atoms with Crippen molar-refractivity contribution in [3.63, 3.8) is 0 Å². The third kappa shape index (κ3) is 4.57. The van der Waals surface area contributed by atoms with Crippen LogP contribution in [0.4, 0.5) is 4.79 Å². The Balaban J connectivity index is 1.80. The first-order chi connectivity index (χ1) is 12.0. The van der Waals surface area contributed by atoms with E-state index in [2.05, 4.69) is 0 Å². The Kier molecular flexibility index (Phi) is 4.82. The molecule has 1 aromatic carbocycles. The molecule has 1 amide bonds. The van der Waals surface area contributed by atoms with Crippen LogP contribution in [0, 0.1) is 12.8 Å². The maximum atomic E-state index is 12.7. The maximum absolute atomic E-state index is 12.7. The minimum atomic E-state index is -4.24. The SMILES string of the molecule is Cc1ccc(S(=O)(=O)O)cc1[C@@H]1C[C@H]1N(CC1CC1)C(=O)OC(C)(C)C. The largest absolute Gasteiger partial charge is 0.444 e. The van der Waals surface area contributed by atoms with Gasteiger partial charge in [0.2, 0.25) is 0 Å². The van der Waals surface area contributed by atoms with Gasteiger partial charge < -0.3 is 9.64 Å². The maximum Gasteiger partial charge on any atom is 0.410 e. The van der Waals surface area contributed by atoms with Crippen LogP contribution in [0.1, 0.15) is 57.1 Å². The van der Waals surface area contributed by atoms with Crippen molar-refractivity contribution < 1.29 is 22.5 Å². The van der Waals surface area contributed by atoms with Crippen LogP contribution in [0.2, 0.25) is 0 Å². The second kappa shape index (κ2) is 6.53. The number of hydrogen-bond donors (Lipinski definition) is 1. The fraction of sp³-hybridized carbons (Fsp3) is 0.632. The normalized spacial score (nSPS) is 22.8. The lowest BCUT2D eigenvalue weighted by molar-refractivity contribution is 0.0220. The molecule has 0 saturated heterocycles. The van der Waals surface area contributed by atoms with Gasteiger partial charge in [-0.05, 0) is 76.1 Å². The predicted molar refractivity (Wildman–Crippen MR) is 97.8 cm³/mol. The quantitative estimate of drug-likeness (QED) is 0.786. The Morgan fingerprint density at radius 1 is 1.31 bits per heavy atom. The second-order valence-electron chi connectivity index (χ2n) is 8.48. The Hall–Kier alpha value is -1.60. The van der Waals surface area contributed by atoms with Crippen LogP contribution in [0.3, 0.4) is 0 Å². The van der Waals surface area contributed by atoms with Gasteiger partial charge in [-0.1, -0.05) is 6.07 Å². The molecule has 26 heavy (non-hydrogen) atoms. The van der Waals surface area contributed by atoms with Crippen molar-refractivity contribution in [3.8, 4) is 0 Å². The van der Waals surface area contributed by atoms with Crippen LogP contribution < -0.4 is 0 Å². The van der Waals surface area contributed by atoms with Crippen LogP contribution in [-0.2, 0) is 14.9 Å². The summed E-state index contributed by atoms with van der Waals surface area (Å²) in [7, 11) is -4.24. The lowest BCUT2D eigenvalue weighted by Gasteiger charge is -2.28. The number of rotatable bonds is 5. The summed E-state index contributed by atoms with van der Waals surface area (Å²) in [6.07, 6.45) is 2.74. The van der Waals surface area contributed by atoms with Crippen molar-refractivity contribution in [2.45, 2.75) is 69.4 Å². The summed E-state index contributed by atoms with van der Waals surface area (Å²) < 4.78 is 37.8. The highest BCUT2D eigenvalue weighted by molar-refractivity contribution is 7.85. The molecule has 2 atom stereocenters. The summed E-state index contributed by atoms with van der Waals surface area (Å²) in [4.78, 5) is 14.4. The monoisotopic (exact) mass is 381 g/mol. The fourth-order valence-electron chi connectivity index (χ4n) is 3.28. The van der Waals surface area contributed by atoms with Crippen molar-refractivity contribution in [3.05, 3.63) is 29.3 Å². The van der Waals surface area contributed by atoms with Crippen molar-refractivity contribution in [2.24, 2.45) is 5.92 Å². The van der Waals surface area contributed by atoms with E-state index in [9.17, 15) is 17.8 Å². The van der Waals surface area contributed by atoms with Gasteiger partial charge in [0.05, 0.1) is 4.90 Å². The molecule has 2 saturated carbocycles. The van der Waals surface area contributed by atoms with Gasteiger partial charge >= 0.3 is 6.09 Å². The van der Waals surface area contributed by atoms with Gasteiger partial charge in [-0.15, -0.1) is 0 Å². The zero-order valence-electron chi connectivity index (χ0n) is 15.7. The van der Waals surface area contributed by atoms with Crippen molar-refractivity contribution in [1.29, 1.82) is 0 Å². The number of carbonyl (C=O) groups is 1. The van der Waals surface area contributed by atoms with Crippen LogP contribution in [0.5, 0.6) is 0 Å². The third-order valence-electron chi connectivity index (χ3n) is 4.88. The summed E-state index contributed by atoms with van der Waals surface area (Å²) in [6, 6.07) is 4.65. The van der Waals surface area contributed by atoms with Crippen LogP contribution in [-0.4, -0.2) is 42.2 Å². The average molecular weight is 381 g/mol. The fourth-order valence-corrected chi connectivity index (χ4v) is 3.80. The molecular formula is C19H27NO5S. The molecule has 3 rings (SSSR count). The van der Waals surface area contributed by atoms with E-state index in [4.69, 9.17) is 4.74 Å². The number of carbonyl (C=O) groups excluding carboxylic acids is 1. The van der Waals surface area contributed by atoms with E-state index in [0.717, 1.165) is 30.4 Å². The van der Waals surface area contributed by atoms with E-state index in [-0.39, 0.29) is 22.9 Å². The van der Waals surface area contributed by atoms with E-state index in [0.29, 0.717) is 12.5 Å². The van der Waals surface area contributed by atoms with Crippen LogP contribution >= 0.6 is 0 Å². The molecule has 1 N–H and O–H groups in total. The molecule has 1 aromatic rings. The lowest BCUT2D eigenvalue weighted by Crippen LogP contribution is -2.40. The molecule has 6 nitrogen and oxygen atoms in total. The first kappa shape index (κ1) is 19.2. The molecular weight excluding hydrogens is 354 g/mol. The van der Waals surface area contributed by atoms with Gasteiger partial charge in [0.1, 0.15) is 5.60 Å². The van der Waals surface area contributed by atoms with Gasteiger partial charge in [0.15, 0.2) is 0 Å². The van der Waals surface area contributed by atoms with Crippen molar-refractivity contribution >= 4 is 16.2 Å². The van der Waals surface area contributed by atoms with E-state index in [1.54, 1.807) is 6.07 Å². The molecule has 2 aliphatic carbocycles. The first-order valence-electron chi connectivity index (χ1n) is 9.03. The van der Waals surface area contributed by atoms with E-state index >= 15 is 0 Å². The standard InChI is InChI=1S/C19H27NO5S/c1-12-5-8-14(26(22,23)24)9-15(12)16-10-17(16)20(11-13-6-7-13)18(21)25-19(2,3)4/h5,8-9,13,16-17H,6-7,10-11H2,1-4H3,(H,22,23,24)/t16-,17+/m0/s1. The molecule has 0 bridgehead atoms. The average Bonchev–Trinajstić information content (AvgIpc) is 3.37. The number of amides is 1. The highest BCUT2D eigenvalue weighted by Gasteiger charge is 2.48. The molecule has 0 aliphatic heterocycles. The highest BCUT2D eigenvalue weighted by Crippen LogP contribution is 2.48. The molecule has 144 valence electrons. The van der Waals surface area contributed by atoms with Gasteiger partial charge in [-0.2, -0.15) is 8.42 Å². The number of hydrogen-bond acceptors (Lipinski definition) is 4. The number of ether oxygens (including phenoxy) is 1. The Bertz CT molecular complexity index is 808. The molecule has 2 aliphatic rings. The minimum absolute atomic E-state index is 0.0146. The molecule has 0 spiro atoms. The smallest absolute Gasteiger partial charge is 0.410 e. The molecule has 0 radical (unpaired) electrons. The topological polar surface area (TPSA) is 83.9 Å². The zero-order chi connectivity index (χ0) is 19.3. The van der Waals surface area contributed by atoms with Crippen LogP contribution in [0.25, 0.3) is 0 Å². The second-order valence-corrected chi connectivity index (χ2v) is 9.90. The predicted octanol–water partition coefficient (Wildman–Crippen LogP) is 3.74. The highest BCUT2D eigenvalue weighted by atomic mass is 32.2. The lowest BCUT2D eigenvalue weighted by atomic mass is 10.0. The number of aryl methyl sites for hydroxylation is 1. The molecule has 0 heterocycles. The summed E-state index contributed by atoms with van der Waals surface area (Å²) in [5.41, 5.74) is 1.28. The molecule has 0 unspecified atom stereocenters. The van der Waals surface area contributed by atoms with Crippen LogP contribution in [0.15, 0.2) is 23.1 Å². The molecule has 7 heteroatoms. The number of nitrogens with zero attached hydrogens (tertiary/aromatic N) is 1. The third-order valence-corrected chi connectivity index (χ3v) is 5.73. The Morgan fingerprint density at radius 3 is 2.50 bits per heavy atom. The van der Waals surface area contributed by atoms with Gasteiger partial charge in [0.25, 0.3) is 10.1 Å². The Morgan fingerprint density at radius 2 is 1.96 bits per heavy atom. The first-order valence-corrected chi connectivity index (χ1v) is 10.5. The Labute approximate surface area is 155 Å². The molecule has 2 fully saturated rings. The summed E-state index contributed by atoms with van der Waals surface area (Å²) in [5, 5.41) is 0. The van der Waals surface area contributed by atoms with Crippen molar-refractivity contribution in [2.75, 3.05) is 6.54 Å². The molecule has 0 aromatic heterocycles. The minimum Gasteiger partial charge on any atom is -0.444 e. The van der Waals surface area contributed by atoms with E-state index in [1.807, 2.05) is 32.6 Å². The van der Waals surface area contributed by atoms with E-state index in [1.165, 1.54) is 12.1 Å². The van der Waals surface area contributed by atoms with Gasteiger partial charge in [-0.3, -0.25) is 4.55 Å². The number of benzene rings is 1. The van der Waals surface area contributed by atoms with E-state index < -0.39 is 15.7 Å². The zero-order valence-corrected chi connectivity index (χ0v) is 16.5. The van der Waals surface area contributed by atoms with Gasteiger partial charge in [-0.25, -0.2) is 4.79 Å². The summed E-state index contributed by atoms with van der Waals surface area (Å²) in [5.74, 6) is 0.608.